The van der Waals surface area contributed by atoms with Crippen molar-refractivity contribution in [1.82, 2.24) is 5.32 Å². The molecule has 4 unspecified atom stereocenters. The van der Waals surface area contributed by atoms with Crippen LogP contribution >= 0.6 is 0 Å². The number of rotatable bonds is 6. The zero-order valence-corrected chi connectivity index (χ0v) is 15.8. The summed E-state index contributed by atoms with van der Waals surface area (Å²) in [6, 6.07) is 7.26. The van der Waals surface area contributed by atoms with Crippen molar-refractivity contribution in [1.29, 1.82) is 0 Å². The molecule has 4 atom stereocenters. The Morgan fingerprint density at radius 1 is 1.15 bits per heavy atom. The van der Waals surface area contributed by atoms with E-state index in [4.69, 9.17) is 0 Å². The quantitative estimate of drug-likeness (QED) is 0.682. The molecule has 142 valence electrons. The van der Waals surface area contributed by atoms with Crippen LogP contribution in [0.4, 0.5) is 0 Å². The van der Waals surface area contributed by atoms with Gasteiger partial charge in [0.05, 0.1) is 11.0 Å². The molecule has 26 heavy (non-hydrogen) atoms. The van der Waals surface area contributed by atoms with Crippen molar-refractivity contribution >= 4 is 5.91 Å². The molecule has 5 rings (SSSR count). The number of aliphatic hydroxyl groups is 1. The second kappa shape index (κ2) is 6.26. The first kappa shape index (κ1) is 17.8. The van der Waals surface area contributed by atoms with Gasteiger partial charge in [0.1, 0.15) is 5.75 Å². The van der Waals surface area contributed by atoms with Gasteiger partial charge in [-0.3, -0.25) is 4.79 Å². The van der Waals surface area contributed by atoms with Crippen LogP contribution in [0.1, 0.15) is 63.9 Å². The zero-order valence-electron chi connectivity index (χ0n) is 15.8. The Bertz CT molecular complexity index is 687. The molecule has 0 saturated heterocycles. The van der Waals surface area contributed by atoms with E-state index in [9.17, 15) is 15.0 Å². The van der Waals surface area contributed by atoms with E-state index in [2.05, 4.69) is 12.2 Å². The molecular formula is C22H31NO3. The smallest absolute Gasteiger partial charge is 0.226 e. The van der Waals surface area contributed by atoms with E-state index in [1.54, 1.807) is 12.1 Å². The predicted molar refractivity (Wildman–Crippen MR) is 101 cm³/mol. The fraction of sp³-hybridized carbons (Fsp3) is 0.682. The van der Waals surface area contributed by atoms with Gasteiger partial charge in [0, 0.05) is 6.54 Å². The molecule has 0 radical (unpaired) electrons. The number of carbonyl (C=O) groups is 1. The minimum absolute atomic E-state index is 0.170. The third kappa shape index (κ3) is 3.13. The number of amides is 1. The summed E-state index contributed by atoms with van der Waals surface area (Å²) in [7, 11) is 0. The molecule has 4 heteroatoms. The third-order valence-electron chi connectivity index (χ3n) is 7.25. The lowest BCUT2D eigenvalue weighted by Crippen LogP contribution is -2.63. The van der Waals surface area contributed by atoms with Crippen molar-refractivity contribution < 1.29 is 15.0 Å². The molecule has 4 saturated carbocycles. The highest BCUT2D eigenvalue weighted by Crippen LogP contribution is 2.67. The second-order valence-electron chi connectivity index (χ2n) is 9.39. The highest BCUT2D eigenvalue weighted by atomic mass is 16.3. The standard InChI is InChI=1S/C22H31NO3/c1-2-20-10-17-11-21(13-20,15-22(26,12-17)14-20)19(25)23-9-3-4-16-5-7-18(24)8-6-16/h5-8,17,24,26H,2-4,9-15H2,1H3,(H,23,25). The second-order valence-corrected chi connectivity index (χ2v) is 9.39. The largest absolute Gasteiger partial charge is 0.508 e. The van der Waals surface area contributed by atoms with E-state index in [1.165, 1.54) is 12.0 Å². The van der Waals surface area contributed by atoms with Crippen LogP contribution in [0, 0.1) is 16.7 Å². The van der Waals surface area contributed by atoms with Crippen LogP contribution in [-0.2, 0) is 11.2 Å². The Labute approximate surface area is 156 Å². The fourth-order valence-electron chi connectivity index (χ4n) is 6.58. The number of aromatic hydroxyl groups is 1. The fourth-order valence-corrected chi connectivity index (χ4v) is 6.58. The van der Waals surface area contributed by atoms with E-state index in [-0.39, 0.29) is 22.5 Å². The average molecular weight is 357 g/mol. The Hall–Kier alpha value is -1.55. The number of hydrogen-bond donors (Lipinski definition) is 3. The van der Waals surface area contributed by atoms with Crippen molar-refractivity contribution in [3.63, 3.8) is 0 Å². The Morgan fingerprint density at radius 3 is 2.62 bits per heavy atom. The van der Waals surface area contributed by atoms with Crippen LogP contribution in [0.25, 0.3) is 0 Å². The molecule has 0 aromatic heterocycles. The number of phenols is 1. The first-order chi connectivity index (χ1) is 12.4. The number of benzene rings is 1. The molecule has 4 nitrogen and oxygen atoms in total. The molecule has 4 aliphatic rings. The van der Waals surface area contributed by atoms with Crippen LogP contribution in [0.3, 0.4) is 0 Å². The highest BCUT2D eigenvalue weighted by molar-refractivity contribution is 5.83. The summed E-state index contributed by atoms with van der Waals surface area (Å²) in [5.74, 6) is 0.967. The molecule has 3 N–H and O–H groups in total. The highest BCUT2D eigenvalue weighted by Gasteiger charge is 2.64. The van der Waals surface area contributed by atoms with Gasteiger partial charge in [0.15, 0.2) is 0 Å². The molecular weight excluding hydrogens is 326 g/mol. The first-order valence-electron chi connectivity index (χ1n) is 10.1. The SMILES string of the molecule is CCC12CC3CC(O)(C1)CC(C(=O)NCCCc1ccc(O)cc1)(C3)C2. The van der Waals surface area contributed by atoms with Gasteiger partial charge in [-0.05, 0) is 80.4 Å². The Kier molecular flexibility index (Phi) is 4.30. The summed E-state index contributed by atoms with van der Waals surface area (Å²) < 4.78 is 0. The number of phenolic OH excluding ortho intramolecular Hbond substituents is 1. The minimum Gasteiger partial charge on any atom is -0.508 e. The summed E-state index contributed by atoms with van der Waals surface area (Å²) >= 11 is 0. The van der Waals surface area contributed by atoms with Gasteiger partial charge < -0.3 is 15.5 Å². The summed E-state index contributed by atoms with van der Waals surface area (Å²) in [5, 5.41) is 23.6. The van der Waals surface area contributed by atoms with Crippen molar-refractivity contribution in [2.45, 2.75) is 70.3 Å². The molecule has 0 spiro atoms. The molecule has 4 fully saturated rings. The Balaban J connectivity index is 1.36. The van der Waals surface area contributed by atoms with E-state index >= 15 is 0 Å². The van der Waals surface area contributed by atoms with Crippen molar-refractivity contribution in [2.24, 2.45) is 16.7 Å². The maximum Gasteiger partial charge on any atom is 0.226 e. The lowest BCUT2D eigenvalue weighted by Gasteiger charge is -2.64. The third-order valence-corrected chi connectivity index (χ3v) is 7.25. The van der Waals surface area contributed by atoms with E-state index in [0.717, 1.165) is 44.9 Å². The molecule has 1 aromatic carbocycles. The lowest BCUT2D eigenvalue weighted by atomic mass is 9.42. The van der Waals surface area contributed by atoms with Gasteiger partial charge in [0.2, 0.25) is 5.91 Å². The van der Waals surface area contributed by atoms with Gasteiger partial charge in [-0.1, -0.05) is 25.5 Å². The summed E-state index contributed by atoms with van der Waals surface area (Å²) in [6.45, 7) is 2.89. The van der Waals surface area contributed by atoms with Gasteiger partial charge >= 0.3 is 0 Å². The topological polar surface area (TPSA) is 69.6 Å². The average Bonchev–Trinajstić information content (AvgIpc) is 2.58. The number of nitrogens with one attached hydrogen (secondary N) is 1. The number of aryl methyl sites for hydroxylation is 1. The van der Waals surface area contributed by atoms with Crippen molar-refractivity contribution in [3.05, 3.63) is 29.8 Å². The first-order valence-corrected chi connectivity index (χ1v) is 10.1. The maximum absolute atomic E-state index is 13.1. The van der Waals surface area contributed by atoms with Crippen LogP contribution in [0.5, 0.6) is 5.75 Å². The summed E-state index contributed by atoms with van der Waals surface area (Å²) in [5.41, 5.74) is 0.394. The van der Waals surface area contributed by atoms with Gasteiger partial charge in [-0.25, -0.2) is 0 Å². The molecule has 1 aromatic rings. The maximum atomic E-state index is 13.1. The molecule has 0 aliphatic heterocycles. The van der Waals surface area contributed by atoms with Crippen LogP contribution < -0.4 is 5.32 Å². The summed E-state index contributed by atoms with van der Waals surface area (Å²) in [6.07, 6.45) is 8.40. The van der Waals surface area contributed by atoms with Crippen molar-refractivity contribution in [3.8, 4) is 5.75 Å². The Morgan fingerprint density at radius 2 is 1.92 bits per heavy atom. The van der Waals surface area contributed by atoms with E-state index < -0.39 is 5.60 Å². The predicted octanol–water partition coefficient (Wildman–Crippen LogP) is 3.55. The molecule has 0 heterocycles. The van der Waals surface area contributed by atoms with Crippen LogP contribution in [0.2, 0.25) is 0 Å². The number of carbonyl (C=O) groups excluding carboxylic acids is 1. The van der Waals surface area contributed by atoms with Crippen molar-refractivity contribution in [2.75, 3.05) is 6.54 Å². The summed E-state index contributed by atoms with van der Waals surface area (Å²) in [4.78, 5) is 13.1. The molecule has 4 aliphatic carbocycles. The van der Waals surface area contributed by atoms with Gasteiger partial charge in [-0.2, -0.15) is 0 Å². The van der Waals surface area contributed by atoms with Gasteiger partial charge in [0.25, 0.3) is 0 Å². The normalized spacial score (nSPS) is 37.7. The minimum atomic E-state index is -0.612. The zero-order chi connectivity index (χ0) is 18.4. The van der Waals surface area contributed by atoms with Crippen LogP contribution in [-0.4, -0.2) is 28.3 Å². The monoisotopic (exact) mass is 357 g/mol. The van der Waals surface area contributed by atoms with E-state index in [0.29, 0.717) is 18.9 Å². The number of hydrogen-bond acceptors (Lipinski definition) is 3. The van der Waals surface area contributed by atoms with Gasteiger partial charge in [-0.15, -0.1) is 0 Å². The molecule has 1 amide bonds. The molecule has 4 bridgehead atoms. The van der Waals surface area contributed by atoms with Crippen LogP contribution in [0.15, 0.2) is 24.3 Å². The van der Waals surface area contributed by atoms with E-state index in [1.807, 2.05) is 12.1 Å². The lowest BCUT2D eigenvalue weighted by molar-refractivity contribution is -0.204.